The number of carbonyl (C=O) groups excluding carboxylic acids is 1. The Bertz CT molecular complexity index is 998. The molecule has 0 saturated heterocycles. The highest BCUT2D eigenvalue weighted by molar-refractivity contribution is 6.47. The largest absolute Gasteiger partial charge is 0.478 e. The van der Waals surface area contributed by atoms with Gasteiger partial charge in [-0.2, -0.15) is 0 Å². The third-order valence-corrected chi connectivity index (χ3v) is 6.36. The van der Waals surface area contributed by atoms with Gasteiger partial charge in [0.15, 0.2) is 0 Å². The maximum Gasteiger partial charge on any atom is 0.335 e. The first-order chi connectivity index (χ1) is 14.8. The minimum atomic E-state index is -0.938. The summed E-state index contributed by atoms with van der Waals surface area (Å²) in [5.74, 6) is -1.10. The van der Waals surface area contributed by atoms with E-state index in [0.717, 1.165) is 12.8 Å². The molecule has 0 radical (unpaired) electrons. The quantitative estimate of drug-likeness (QED) is 0.535. The van der Waals surface area contributed by atoms with Crippen molar-refractivity contribution in [2.24, 2.45) is 16.3 Å². The van der Waals surface area contributed by atoms with Crippen molar-refractivity contribution >= 4 is 40.8 Å². The molecule has 1 aromatic carbocycles. The number of nitrogens with zero attached hydrogens (tertiary/aromatic N) is 2. The number of allylic oxidation sites excluding steroid dienone is 1. The first-order valence-electron chi connectivity index (χ1n) is 10.8. The fraction of sp³-hybridized carbons (Fsp3) is 0.480. The Morgan fingerprint density at radius 2 is 1.88 bits per heavy atom. The van der Waals surface area contributed by atoms with Crippen molar-refractivity contribution in [3.8, 4) is 0 Å². The Hall–Kier alpha value is -2.11. The summed E-state index contributed by atoms with van der Waals surface area (Å²) in [4.78, 5) is 31.7. The highest BCUT2D eigenvalue weighted by atomic mass is 35.5. The summed E-state index contributed by atoms with van der Waals surface area (Å²) < 4.78 is 0. The predicted octanol–water partition coefficient (Wildman–Crippen LogP) is 6.14. The average Bonchev–Trinajstić information content (AvgIpc) is 2.90. The summed E-state index contributed by atoms with van der Waals surface area (Å²) >= 11 is 12.4. The van der Waals surface area contributed by atoms with Gasteiger partial charge in [-0.1, -0.05) is 62.2 Å². The van der Waals surface area contributed by atoms with Crippen molar-refractivity contribution in [1.82, 2.24) is 4.90 Å². The Morgan fingerprint density at radius 1 is 1.25 bits per heavy atom. The fourth-order valence-corrected chi connectivity index (χ4v) is 4.90. The van der Waals surface area contributed by atoms with Crippen LogP contribution in [-0.2, 0) is 9.59 Å². The molecule has 2 unspecified atom stereocenters. The molecule has 1 aliphatic heterocycles. The molecule has 0 aromatic heterocycles. The lowest BCUT2D eigenvalue weighted by atomic mass is 9.81. The van der Waals surface area contributed by atoms with Crippen LogP contribution in [0.5, 0.6) is 0 Å². The minimum absolute atomic E-state index is 0.00109. The van der Waals surface area contributed by atoms with Gasteiger partial charge >= 0.3 is 5.97 Å². The van der Waals surface area contributed by atoms with Crippen molar-refractivity contribution in [2.75, 3.05) is 0 Å². The van der Waals surface area contributed by atoms with Gasteiger partial charge in [-0.25, -0.2) is 4.79 Å². The molecule has 2 aliphatic rings. The molecule has 2 atom stereocenters. The van der Waals surface area contributed by atoms with E-state index in [9.17, 15) is 14.7 Å². The lowest BCUT2D eigenvalue weighted by molar-refractivity contribution is -0.133. The number of amides is 1. The molecule has 1 amide bonds. The molecule has 1 aromatic rings. The van der Waals surface area contributed by atoms with E-state index in [1.807, 2.05) is 24.8 Å². The van der Waals surface area contributed by atoms with Crippen LogP contribution in [-0.4, -0.2) is 39.3 Å². The van der Waals surface area contributed by atoms with Gasteiger partial charge in [0.2, 0.25) is 0 Å². The zero-order valence-corrected chi connectivity index (χ0v) is 20.7. The van der Waals surface area contributed by atoms with E-state index < -0.39 is 11.6 Å². The van der Waals surface area contributed by atoms with Gasteiger partial charge in [-0.3, -0.25) is 9.79 Å². The number of benzene rings is 1. The smallest absolute Gasteiger partial charge is 0.335 e. The van der Waals surface area contributed by atoms with Gasteiger partial charge in [-0.15, -0.1) is 0 Å². The van der Waals surface area contributed by atoms with Crippen molar-refractivity contribution in [1.29, 1.82) is 0 Å². The summed E-state index contributed by atoms with van der Waals surface area (Å²) in [6.45, 7) is 10.4. The summed E-state index contributed by atoms with van der Waals surface area (Å²) in [5, 5.41) is 10.2. The first kappa shape index (κ1) is 24.5. The van der Waals surface area contributed by atoms with Crippen LogP contribution in [0.4, 0.5) is 0 Å². The van der Waals surface area contributed by atoms with Crippen LogP contribution in [0.3, 0.4) is 0 Å². The Morgan fingerprint density at radius 3 is 2.38 bits per heavy atom. The maximum atomic E-state index is 13.7. The van der Waals surface area contributed by atoms with Gasteiger partial charge in [0, 0.05) is 27.6 Å². The molecular formula is C25H30Cl2N2O3. The fourth-order valence-electron chi connectivity index (χ4n) is 4.37. The van der Waals surface area contributed by atoms with E-state index in [2.05, 4.69) is 20.8 Å². The molecule has 1 heterocycles. The zero-order chi connectivity index (χ0) is 23.8. The number of halogens is 2. The summed E-state index contributed by atoms with van der Waals surface area (Å²) in [6, 6.07) is 4.91. The summed E-state index contributed by atoms with van der Waals surface area (Å²) in [5.41, 5.74) is 0.574. The Kier molecular flexibility index (Phi) is 6.92. The minimum Gasteiger partial charge on any atom is -0.478 e. The lowest BCUT2D eigenvalue weighted by Gasteiger charge is -2.41. The Balaban J connectivity index is 1.96. The second kappa shape index (κ2) is 9.03. The van der Waals surface area contributed by atoms with Gasteiger partial charge in [-0.05, 0) is 56.7 Å². The predicted molar refractivity (Wildman–Crippen MR) is 129 cm³/mol. The van der Waals surface area contributed by atoms with Crippen LogP contribution < -0.4 is 0 Å². The van der Waals surface area contributed by atoms with E-state index >= 15 is 0 Å². The molecule has 0 saturated carbocycles. The SMILES string of the molecule is CC(C)(C)CCC(C1C=CC(C(=O)O)=CC1)N1C(=O)C(c2cc(Cl)cc(Cl)c2)=NC1(C)C. The number of aliphatic imine (C=N–C) groups is 1. The molecule has 1 aliphatic carbocycles. The number of carboxylic acids is 1. The maximum absolute atomic E-state index is 13.7. The third kappa shape index (κ3) is 5.44. The Labute approximate surface area is 199 Å². The molecular weight excluding hydrogens is 447 g/mol. The molecule has 3 rings (SSSR count). The molecule has 0 bridgehead atoms. The number of carbonyl (C=O) groups is 2. The number of rotatable bonds is 6. The third-order valence-electron chi connectivity index (χ3n) is 5.93. The highest BCUT2D eigenvalue weighted by Gasteiger charge is 2.46. The monoisotopic (exact) mass is 476 g/mol. The van der Waals surface area contributed by atoms with Gasteiger partial charge in [0.05, 0.1) is 5.57 Å². The van der Waals surface area contributed by atoms with Crippen molar-refractivity contribution in [2.45, 2.75) is 65.6 Å². The summed E-state index contributed by atoms with van der Waals surface area (Å²) in [6.07, 6.45) is 7.56. The number of carboxylic acid groups (broad SMARTS) is 1. The molecule has 172 valence electrons. The normalized spacial score (nSPS) is 21.4. The average molecular weight is 477 g/mol. The van der Waals surface area contributed by atoms with E-state index in [-0.39, 0.29) is 28.9 Å². The van der Waals surface area contributed by atoms with E-state index in [0.29, 0.717) is 27.7 Å². The zero-order valence-electron chi connectivity index (χ0n) is 19.2. The number of hydrogen-bond donors (Lipinski definition) is 1. The van der Waals surface area contributed by atoms with Crippen LogP contribution in [0.25, 0.3) is 0 Å². The molecule has 0 spiro atoms. The molecule has 5 nitrogen and oxygen atoms in total. The van der Waals surface area contributed by atoms with Crippen molar-refractivity contribution in [3.05, 3.63) is 57.6 Å². The second-order valence-electron chi connectivity index (χ2n) is 10.2. The molecule has 32 heavy (non-hydrogen) atoms. The number of aliphatic carboxylic acids is 1. The van der Waals surface area contributed by atoms with Crippen LogP contribution >= 0.6 is 23.2 Å². The van der Waals surface area contributed by atoms with E-state index in [4.69, 9.17) is 28.2 Å². The highest BCUT2D eigenvalue weighted by Crippen LogP contribution is 2.38. The second-order valence-corrected chi connectivity index (χ2v) is 11.1. The standard InChI is InChI=1S/C25H30Cl2N2O3/c1-24(2,3)11-10-20(15-6-8-16(9-7-15)23(31)32)29-22(30)21(28-25(29,4)5)17-12-18(26)14-19(27)13-17/h6,8-9,12-15,20H,7,10-11H2,1-5H3,(H,31,32). The number of hydrogen-bond acceptors (Lipinski definition) is 3. The summed E-state index contributed by atoms with van der Waals surface area (Å²) in [7, 11) is 0. The van der Waals surface area contributed by atoms with E-state index in [1.54, 1.807) is 30.4 Å². The van der Waals surface area contributed by atoms with Crippen molar-refractivity contribution < 1.29 is 14.7 Å². The van der Waals surface area contributed by atoms with Gasteiger partial charge in [0.1, 0.15) is 11.4 Å². The molecule has 0 fully saturated rings. The van der Waals surface area contributed by atoms with Crippen LogP contribution in [0.1, 0.15) is 59.4 Å². The van der Waals surface area contributed by atoms with Crippen molar-refractivity contribution in [3.63, 3.8) is 0 Å². The lowest BCUT2D eigenvalue weighted by Crippen LogP contribution is -2.52. The molecule has 1 N–H and O–H groups in total. The van der Waals surface area contributed by atoms with Crippen LogP contribution in [0.2, 0.25) is 10.0 Å². The van der Waals surface area contributed by atoms with Crippen LogP contribution in [0, 0.1) is 11.3 Å². The first-order valence-corrected chi connectivity index (χ1v) is 11.6. The topological polar surface area (TPSA) is 70.0 Å². The molecule has 7 heteroatoms. The van der Waals surface area contributed by atoms with Gasteiger partial charge < -0.3 is 10.0 Å². The van der Waals surface area contributed by atoms with Crippen LogP contribution in [0.15, 0.2) is 47.0 Å². The van der Waals surface area contributed by atoms with E-state index in [1.165, 1.54) is 0 Å². The van der Waals surface area contributed by atoms with Gasteiger partial charge in [0.25, 0.3) is 5.91 Å².